The normalized spacial score (nSPS) is 12.7. The van der Waals surface area contributed by atoms with Gasteiger partial charge in [0, 0.05) is 12.5 Å². The third kappa shape index (κ3) is 3.85. The van der Waals surface area contributed by atoms with Crippen molar-refractivity contribution in [3.63, 3.8) is 0 Å². The molecule has 0 bridgehead atoms. The molecule has 0 spiro atoms. The van der Waals surface area contributed by atoms with E-state index in [1.54, 1.807) is 12.1 Å². The molecule has 1 heterocycles. The fourth-order valence-corrected chi connectivity index (χ4v) is 2.05. The van der Waals surface area contributed by atoms with Crippen LogP contribution >= 0.6 is 22.6 Å². The Bertz CT molecular complexity index is 585. The monoisotopic (exact) mass is 433 g/mol. The molecule has 0 N–H and O–H groups in total. The molecule has 0 atom stereocenters. The molecular weight excluding hydrogens is 424 g/mol. The summed E-state index contributed by atoms with van der Waals surface area (Å²) in [7, 11) is 0. The molecule has 1 rings (SSSR count). The smallest absolute Gasteiger partial charge is 0.354 e. The van der Waals surface area contributed by atoms with Crippen LogP contribution in [0.15, 0.2) is 10.6 Å². The van der Waals surface area contributed by atoms with E-state index in [4.69, 9.17) is 10.5 Å². The van der Waals surface area contributed by atoms with Gasteiger partial charge in [-0.3, -0.25) is 0 Å². The number of hydrogen-bond acceptors (Lipinski definition) is 4. The predicted octanol–water partition coefficient (Wildman–Crippen LogP) is 4.12. The van der Waals surface area contributed by atoms with Gasteiger partial charge >= 0.3 is 12.1 Å². The fraction of sp³-hybridized carbons (Fsp3) is 0.583. The van der Waals surface area contributed by atoms with Gasteiger partial charge in [-0.05, 0) is 17.3 Å². The summed E-state index contributed by atoms with van der Waals surface area (Å²) in [6, 6.07) is 3.97. The van der Waals surface area contributed by atoms with Gasteiger partial charge in [-0.1, -0.05) is 27.7 Å². The summed E-state index contributed by atoms with van der Waals surface area (Å²) in [5, 5.41) is 21.3. The van der Waals surface area contributed by atoms with Crippen LogP contribution in [0, 0.1) is 28.1 Å². The summed E-state index contributed by atoms with van der Waals surface area (Å²) < 4.78 is 67.6. The van der Waals surface area contributed by atoms with E-state index in [2.05, 4.69) is 9.68 Å². The predicted molar refractivity (Wildman–Crippen MR) is 71.9 cm³/mol. The van der Waals surface area contributed by atoms with Crippen molar-refractivity contribution in [3.8, 4) is 12.1 Å². The number of aromatic nitrogens is 1. The molecule has 10 heteroatoms. The van der Waals surface area contributed by atoms with Crippen LogP contribution in [-0.4, -0.2) is 15.8 Å². The Kier molecular flexibility index (Phi) is 5.73. The van der Waals surface area contributed by atoms with Crippen molar-refractivity contribution in [2.24, 2.45) is 5.41 Å². The molecule has 0 fully saturated rings. The highest BCUT2D eigenvalue weighted by atomic mass is 127. The number of hydrogen-bond donors (Lipinski definition) is 0. The van der Waals surface area contributed by atoms with Gasteiger partial charge in [0.05, 0.1) is 17.8 Å². The number of halogens is 6. The number of rotatable bonds is 6. The number of alkyl halides is 6. The van der Waals surface area contributed by atoms with Gasteiger partial charge in [0.1, 0.15) is 5.41 Å². The molecule has 0 unspecified atom stereocenters. The second-order valence-corrected chi connectivity index (χ2v) is 5.61. The highest BCUT2D eigenvalue weighted by molar-refractivity contribution is 14.1. The fourth-order valence-electron chi connectivity index (χ4n) is 1.66. The Morgan fingerprint density at radius 3 is 2.23 bits per heavy atom. The number of nitrogens with zero attached hydrogens (tertiary/aromatic N) is 3. The maximum Gasteiger partial charge on any atom is 0.461 e. The summed E-state index contributed by atoms with van der Waals surface area (Å²) in [4.78, 5) is 0. The molecule has 4 nitrogen and oxygen atoms in total. The largest absolute Gasteiger partial charge is 0.461 e. The minimum Gasteiger partial charge on any atom is -0.354 e. The summed E-state index contributed by atoms with van der Waals surface area (Å²) in [5.74, 6) is -6.84. The van der Waals surface area contributed by atoms with Crippen LogP contribution < -0.4 is 0 Å². The van der Waals surface area contributed by atoms with Crippen molar-refractivity contribution in [1.29, 1.82) is 10.5 Å². The van der Waals surface area contributed by atoms with E-state index >= 15 is 0 Å². The summed E-state index contributed by atoms with van der Waals surface area (Å²) in [6.45, 7) is 0. The zero-order valence-electron chi connectivity index (χ0n) is 10.9. The average Bonchev–Trinajstić information content (AvgIpc) is 2.91. The van der Waals surface area contributed by atoms with Gasteiger partial charge < -0.3 is 4.52 Å². The summed E-state index contributed by atoms with van der Waals surface area (Å²) in [5.41, 5.74) is -1.83. The van der Waals surface area contributed by atoms with Gasteiger partial charge in [0.2, 0.25) is 5.76 Å². The van der Waals surface area contributed by atoms with E-state index in [-0.39, 0.29) is 18.5 Å². The molecule has 0 saturated heterocycles. The molecule has 0 aliphatic heterocycles. The Morgan fingerprint density at radius 1 is 1.18 bits per heavy atom. The molecule has 0 saturated carbocycles. The van der Waals surface area contributed by atoms with Crippen LogP contribution in [-0.2, 0) is 12.3 Å². The van der Waals surface area contributed by atoms with Crippen LogP contribution in [0.25, 0.3) is 0 Å². The molecule has 1 aromatic heterocycles. The summed E-state index contributed by atoms with van der Waals surface area (Å²) >= 11 is 2.04. The third-order valence-corrected chi connectivity index (χ3v) is 3.64. The average molecular weight is 433 g/mol. The van der Waals surface area contributed by atoms with Gasteiger partial charge in [-0.15, -0.1) is 0 Å². The highest BCUT2D eigenvalue weighted by Gasteiger charge is 2.61. The molecule has 0 radical (unpaired) electrons. The van der Waals surface area contributed by atoms with Crippen molar-refractivity contribution >= 4 is 22.6 Å². The van der Waals surface area contributed by atoms with Gasteiger partial charge in [-0.25, -0.2) is 0 Å². The van der Waals surface area contributed by atoms with Gasteiger partial charge in [-0.2, -0.15) is 32.5 Å². The summed E-state index contributed by atoms with van der Waals surface area (Å²) in [6.07, 6.45) is -5.52. The maximum atomic E-state index is 13.1. The lowest BCUT2D eigenvalue weighted by Crippen LogP contribution is -2.33. The van der Waals surface area contributed by atoms with E-state index < -0.39 is 23.3 Å². The highest BCUT2D eigenvalue weighted by Crippen LogP contribution is 2.44. The quantitative estimate of drug-likeness (QED) is 0.385. The minimum atomic E-state index is -5.81. The van der Waals surface area contributed by atoms with E-state index in [1.165, 1.54) is 0 Å². The van der Waals surface area contributed by atoms with Crippen LogP contribution in [0.4, 0.5) is 22.0 Å². The lowest BCUT2D eigenvalue weighted by atomic mass is 9.82. The Balaban J connectivity index is 3.02. The molecule has 120 valence electrons. The van der Waals surface area contributed by atoms with E-state index in [0.717, 1.165) is 0 Å². The first-order valence-electron chi connectivity index (χ1n) is 5.91. The standard InChI is InChI=1S/C12H9F5IN3O/c13-11(14,12(15,16)17)9-4-8(21-22-9)5-10(6-19,7-20)2-1-3-18/h4H,1-3,5H2. The van der Waals surface area contributed by atoms with Gasteiger partial charge in [0.25, 0.3) is 0 Å². The lowest BCUT2D eigenvalue weighted by Gasteiger charge is -2.16. The molecule has 1 aromatic rings. The lowest BCUT2D eigenvalue weighted by molar-refractivity contribution is -0.296. The van der Waals surface area contributed by atoms with Crippen molar-refractivity contribution in [2.45, 2.75) is 31.4 Å². The van der Waals surface area contributed by atoms with Crippen LogP contribution in [0.3, 0.4) is 0 Å². The maximum absolute atomic E-state index is 13.1. The van der Waals surface area contributed by atoms with Crippen molar-refractivity contribution in [3.05, 3.63) is 17.5 Å². The van der Waals surface area contributed by atoms with Gasteiger partial charge in [0.15, 0.2) is 0 Å². The molecule has 22 heavy (non-hydrogen) atoms. The number of nitriles is 2. The van der Waals surface area contributed by atoms with Crippen molar-refractivity contribution < 1.29 is 26.5 Å². The SMILES string of the molecule is N#CC(C#N)(CCCI)Cc1cc(C(F)(F)C(F)(F)F)on1. The molecule has 0 amide bonds. The molecule has 0 aromatic carbocycles. The Labute approximate surface area is 136 Å². The molecule has 0 aliphatic rings. The van der Waals surface area contributed by atoms with Crippen LogP contribution in [0.1, 0.15) is 24.3 Å². The van der Waals surface area contributed by atoms with E-state index in [9.17, 15) is 22.0 Å². The second-order valence-electron chi connectivity index (χ2n) is 4.53. The Morgan fingerprint density at radius 2 is 1.77 bits per heavy atom. The molecule has 0 aliphatic carbocycles. The molecular formula is C12H9F5IN3O. The van der Waals surface area contributed by atoms with E-state index in [1.807, 2.05) is 22.6 Å². The zero-order valence-corrected chi connectivity index (χ0v) is 13.1. The first-order chi connectivity index (χ1) is 10.1. The topological polar surface area (TPSA) is 73.6 Å². The second kappa shape index (κ2) is 6.77. The zero-order chi connectivity index (χ0) is 17.0. The third-order valence-electron chi connectivity index (χ3n) is 2.87. The minimum absolute atomic E-state index is 0.154. The Hall–Kier alpha value is -1.43. The van der Waals surface area contributed by atoms with E-state index in [0.29, 0.717) is 16.9 Å². The van der Waals surface area contributed by atoms with Crippen LogP contribution in [0.5, 0.6) is 0 Å². The van der Waals surface area contributed by atoms with Crippen molar-refractivity contribution in [1.82, 2.24) is 5.16 Å². The van der Waals surface area contributed by atoms with Crippen LogP contribution in [0.2, 0.25) is 0 Å². The first-order valence-corrected chi connectivity index (χ1v) is 7.43. The first kappa shape index (κ1) is 18.6. The van der Waals surface area contributed by atoms with Crippen molar-refractivity contribution in [2.75, 3.05) is 4.43 Å².